The van der Waals surface area contributed by atoms with Crippen LogP contribution in [0.2, 0.25) is 0 Å². The number of rotatable bonds is 3. The summed E-state index contributed by atoms with van der Waals surface area (Å²) >= 11 is 0. The normalized spacial score (nSPS) is 10.6. The molecule has 3 aromatic rings. The maximum Gasteiger partial charge on any atom is 0.164 e. The van der Waals surface area contributed by atoms with Crippen molar-refractivity contribution in [3.05, 3.63) is 49.3 Å². The van der Waals surface area contributed by atoms with Crippen molar-refractivity contribution in [2.24, 2.45) is 10.7 Å². The molecule has 0 aliphatic carbocycles. The third-order valence-corrected chi connectivity index (χ3v) is 3.07. The van der Waals surface area contributed by atoms with Crippen LogP contribution in [0.1, 0.15) is 0 Å². The summed E-state index contributed by atoms with van der Waals surface area (Å²) < 4.78 is 1.46. The number of pyridine rings is 1. The van der Waals surface area contributed by atoms with Crippen LogP contribution in [-0.4, -0.2) is 21.5 Å². The zero-order valence-corrected chi connectivity index (χ0v) is 10.8. The molecule has 0 atom stereocenters. The fourth-order valence-electron chi connectivity index (χ4n) is 2.13. The van der Waals surface area contributed by atoms with Gasteiger partial charge < -0.3 is 5.73 Å². The highest BCUT2D eigenvalue weighted by Crippen LogP contribution is 2.31. The van der Waals surface area contributed by atoms with Gasteiger partial charge in [-0.3, -0.25) is 4.98 Å². The van der Waals surface area contributed by atoms with E-state index in [9.17, 15) is 0 Å². The summed E-state index contributed by atoms with van der Waals surface area (Å²) in [4.78, 5) is 8.42. The van der Waals surface area contributed by atoms with Gasteiger partial charge in [-0.1, -0.05) is 24.8 Å². The van der Waals surface area contributed by atoms with Gasteiger partial charge in [0.2, 0.25) is 0 Å². The van der Waals surface area contributed by atoms with Gasteiger partial charge in [0.25, 0.3) is 0 Å². The van der Waals surface area contributed by atoms with E-state index in [0.717, 1.165) is 22.0 Å². The average Bonchev–Trinajstić information content (AvgIpc) is 2.90. The van der Waals surface area contributed by atoms with Crippen LogP contribution in [0, 0.1) is 0 Å². The highest BCUT2D eigenvalue weighted by atomic mass is 15.3. The molecular weight excluding hydrogens is 250 g/mol. The maximum atomic E-state index is 5.67. The molecule has 5 nitrogen and oxygen atoms in total. The van der Waals surface area contributed by atoms with E-state index < -0.39 is 0 Å². The number of fused-ring (bicyclic) bond motifs is 1. The second-order valence-corrected chi connectivity index (χ2v) is 4.36. The summed E-state index contributed by atoms with van der Waals surface area (Å²) in [6.07, 6.45) is 3.48. The monoisotopic (exact) mass is 263 g/mol. The molecule has 98 valence electrons. The molecule has 1 aromatic carbocycles. The minimum atomic E-state index is 0.299. The molecule has 20 heavy (non-hydrogen) atoms. The molecule has 5 heteroatoms. The average molecular weight is 263 g/mol. The smallest absolute Gasteiger partial charge is 0.164 e. The van der Waals surface area contributed by atoms with Crippen molar-refractivity contribution in [2.75, 3.05) is 0 Å². The largest absolute Gasteiger partial charge is 0.384 e. The fourth-order valence-corrected chi connectivity index (χ4v) is 2.13. The maximum absolute atomic E-state index is 5.67. The molecule has 2 N–H and O–H groups in total. The fraction of sp³-hybridized carbons (Fsp3) is 0. The van der Waals surface area contributed by atoms with E-state index in [-0.39, 0.29) is 0 Å². The second-order valence-electron chi connectivity index (χ2n) is 4.36. The Morgan fingerprint density at radius 1 is 1.25 bits per heavy atom. The predicted octanol–water partition coefficient (Wildman–Crippen LogP) is 2.82. The van der Waals surface area contributed by atoms with Crippen molar-refractivity contribution in [1.82, 2.24) is 14.8 Å². The first kappa shape index (κ1) is 12.1. The molecule has 2 aromatic heterocycles. The molecule has 0 aliphatic rings. The molecule has 0 aliphatic heterocycles. The summed E-state index contributed by atoms with van der Waals surface area (Å²) in [5.74, 6) is 0.863. The highest BCUT2D eigenvalue weighted by molar-refractivity contribution is 5.86. The van der Waals surface area contributed by atoms with E-state index in [4.69, 9.17) is 5.73 Å². The second kappa shape index (κ2) is 4.62. The van der Waals surface area contributed by atoms with Gasteiger partial charge in [0.1, 0.15) is 5.82 Å². The molecule has 0 amide bonds. The van der Waals surface area contributed by atoms with Crippen molar-refractivity contribution in [3.63, 3.8) is 0 Å². The summed E-state index contributed by atoms with van der Waals surface area (Å²) in [5.41, 5.74) is 8.36. The third-order valence-electron chi connectivity index (χ3n) is 3.07. The van der Waals surface area contributed by atoms with Crippen LogP contribution in [-0.2, 0) is 0 Å². The molecule has 0 unspecified atom stereocenters. The number of aliphatic imine (C=N–C) groups is 1. The molecule has 2 heterocycles. The number of hydrogen-bond acceptors (Lipinski definition) is 4. The van der Waals surface area contributed by atoms with Crippen LogP contribution in [0.5, 0.6) is 0 Å². The van der Waals surface area contributed by atoms with E-state index in [0.29, 0.717) is 11.6 Å². The van der Waals surface area contributed by atoms with Crippen LogP contribution < -0.4 is 5.73 Å². The molecule has 0 radical (unpaired) electrons. The first-order valence-electron chi connectivity index (χ1n) is 6.05. The Hall–Kier alpha value is -2.95. The van der Waals surface area contributed by atoms with Gasteiger partial charge in [-0.2, -0.15) is 9.78 Å². The van der Waals surface area contributed by atoms with Crippen LogP contribution in [0.4, 0.5) is 5.82 Å². The van der Waals surface area contributed by atoms with Crippen molar-refractivity contribution in [1.29, 1.82) is 0 Å². The first-order chi connectivity index (χ1) is 9.70. The Morgan fingerprint density at radius 3 is 2.80 bits per heavy atom. The number of nitrogens with two attached hydrogens (primary N) is 1. The lowest BCUT2D eigenvalue weighted by atomic mass is 10.1. The summed E-state index contributed by atoms with van der Waals surface area (Å²) in [7, 11) is 0. The minimum absolute atomic E-state index is 0.299. The van der Waals surface area contributed by atoms with E-state index in [2.05, 4.69) is 28.4 Å². The lowest BCUT2D eigenvalue weighted by molar-refractivity contribution is 0.891. The molecule has 0 saturated heterocycles. The molecule has 3 rings (SSSR count). The van der Waals surface area contributed by atoms with Crippen LogP contribution >= 0.6 is 0 Å². The quantitative estimate of drug-likeness (QED) is 0.739. The number of para-hydroxylation sites is 1. The van der Waals surface area contributed by atoms with Crippen LogP contribution in [0.3, 0.4) is 0 Å². The zero-order chi connectivity index (χ0) is 14.1. The van der Waals surface area contributed by atoms with Gasteiger partial charge >= 0.3 is 0 Å². The molecule has 0 fully saturated rings. The third kappa shape index (κ3) is 1.85. The predicted molar refractivity (Wildman–Crippen MR) is 81.7 cm³/mol. The topological polar surface area (TPSA) is 69.1 Å². The van der Waals surface area contributed by atoms with E-state index in [1.165, 1.54) is 4.68 Å². The lowest BCUT2D eigenvalue weighted by Gasteiger charge is -2.04. The van der Waals surface area contributed by atoms with Crippen molar-refractivity contribution in [2.45, 2.75) is 0 Å². The van der Waals surface area contributed by atoms with Crippen molar-refractivity contribution >= 4 is 29.3 Å². The minimum Gasteiger partial charge on any atom is -0.384 e. The molecule has 0 bridgehead atoms. The first-order valence-corrected chi connectivity index (χ1v) is 6.05. The molecule has 0 spiro atoms. The number of benzene rings is 1. The molecular formula is C15H13N5. The van der Waals surface area contributed by atoms with Gasteiger partial charge in [0.05, 0.1) is 11.7 Å². The van der Waals surface area contributed by atoms with Crippen LogP contribution in [0.25, 0.3) is 27.9 Å². The lowest BCUT2D eigenvalue weighted by Crippen LogP contribution is -2.05. The highest BCUT2D eigenvalue weighted by Gasteiger charge is 2.12. The summed E-state index contributed by atoms with van der Waals surface area (Å²) in [6, 6.07) is 9.96. The molecule has 0 saturated carbocycles. The van der Waals surface area contributed by atoms with Gasteiger partial charge in [-0.15, -0.1) is 0 Å². The summed E-state index contributed by atoms with van der Waals surface area (Å²) in [5, 5.41) is 5.23. The summed E-state index contributed by atoms with van der Waals surface area (Å²) in [6.45, 7) is 7.23. The van der Waals surface area contributed by atoms with E-state index in [1.807, 2.05) is 30.3 Å². The Morgan fingerprint density at radius 2 is 2.05 bits per heavy atom. The number of hydrogen-bond donors (Lipinski definition) is 1. The Balaban J connectivity index is 2.20. The van der Waals surface area contributed by atoms with Crippen molar-refractivity contribution in [3.8, 4) is 11.1 Å². The van der Waals surface area contributed by atoms with Crippen LogP contribution in [0.15, 0.2) is 54.3 Å². The van der Waals surface area contributed by atoms with E-state index >= 15 is 0 Å². The zero-order valence-electron chi connectivity index (χ0n) is 10.8. The number of nitrogens with zero attached hydrogens (tertiary/aromatic N) is 4. The Bertz CT molecular complexity index is 816. The standard InChI is InChI=1S/C15H13N5/c1-10(16)20-15(17-2)13(9-19-20)12-7-11-5-3-4-6-14(11)18-8-12/h3-9H,1-2,16H2. The van der Waals surface area contributed by atoms with Gasteiger partial charge in [-0.25, -0.2) is 4.99 Å². The van der Waals surface area contributed by atoms with Gasteiger partial charge in [0, 0.05) is 22.7 Å². The SMILES string of the molecule is C=Nc1c(-c2cnc3ccccc3c2)cnn1C(=C)N. The van der Waals surface area contributed by atoms with Crippen molar-refractivity contribution < 1.29 is 0 Å². The van der Waals surface area contributed by atoms with Gasteiger partial charge in [-0.05, 0) is 18.9 Å². The number of aromatic nitrogens is 3. The van der Waals surface area contributed by atoms with Gasteiger partial charge in [0.15, 0.2) is 5.82 Å². The Kier molecular flexibility index (Phi) is 2.80. The Labute approximate surface area is 116 Å². The van der Waals surface area contributed by atoms with E-state index in [1.54, 1.807) is 12.4 Å².